The minimum absolute atomic E-state index is 0.110. The summed E-state index contributed by atoms with van der Waals surface area (Å²) < 4.78 is 25.2. The Morgan fingerprint density at radius 2 is 1.90 bits per heavy atom. The number of ether oxygens (including phenoxy) is 2. The molecule has 5 heteroatoms. The molecule has 0 saturated heterocycles. The second kappa shape index (κ2) is 5.92. The summed E-state index contributed by atoms with van der Waals surface area (Å²) in [5.41, 5.74) is -0.949. The van der Waals surface area contributed by atoms with Crippen LogP contribution < -0.4 is 9.47 Å². The number of aliphatic carboxylic acids is 1. The minimum atomic E-state index is -1.15. The van der Waals surface area contributed by atoms with Crippen LogP contribution in [0.15, 0.2) is 12.1 Å². The van der Waals surface area contributed by atoms with Crippen molar-refractivity contribution in [1.82, 2.24) is 0 Å². The zero-order valence-electron chi connectivity index (χ0n) is 12.6. The van der Waals surface area contributed by atoms with E-state index in [2.05, 4.69) is 0 Å². The number of benzene rings is 1. The molecule has 0 bridgehead atoms. The first kappa shape index (κ1) is 15.6. The van der Waals surface area contributed by atoms with Gasteiger partial charge in [-0.15, -0.1) is 0 Å². The van der Waals surface area contributed by atoms with Gasteiger partial charge in [0.05, 0.1) is 18.6 Å². The van der Waals surface area contributed by atoms with Gasteiger partial charge in [-0.3, -0.25) is 4.79 Å². The number of methoxy groups -OCH3 is 1. The first-order chi connectivity index (χ1) is 9.90. The Morgan fingerprint density at radius 1 is 1.29 bits per heavy atom. The number of carbonyl (C=O) groups is 1. The van der Waals surface area contributed by atoms with Crippen molar-refractivity contribution in [3.05, 3.63) is 23.5 Å². The summed E-state index contributed by atoms with van der Waals surface area (Å²) in [6.45, 7) is 3.70. The van der Waals surface area contributed by atoms with Crippen LogP contribution in [-0.2, 0) is 10.2 Å². The van der Waals surface area contributed by atoms with Gasteiger partial charge in [-0.05, 0) is 32.8 Å². The third kappa shape index (κ3) is 2.82. The lowest BCUT2D eigenvalue weighted by molar-refractivity contribution is -0.143. The molecule has 1 fully saturated rings. The van der Waals surface area contributed by atoms with Crippen LogP contribution in [0.1, 0.15) is 45.1 Å². The lowest BCUT2D eigenvalue weighted by Crippen LogP contribution is -2.33. The average molecular weight is 296 g/mol. The van der Waals surface area contributed by atoms with Crippen LogP contribution in [0.2, 0.25) is 0 Å². The quantitative estimate of drug-likeness (QED) is 0.903. The highest BCUT2D eigenvalue weighted by Crippen LogP contribution is 2.45. The topological polar surface area (TPSA) is 55.8 Å². The molecule has 0 aromatic heterocycles. The lowest BCUT2D eigenvalue weighted by atomic mass is 9.78. The zero-order valence-corrected chi connectivity index (χ0v) is 12.6. The SMILES string of the molecule is COc1cc(F)c(C2(C(=O)O)CCCC2)cc1OC(C)C. The summed E-state index contributed by atoms with van der Waals surface area (Å²) in [5.74, 6) is -0.855. The van der Waals surface area contributed by atoms with Crippen molar-refractivity contribution in [3.8, 4) is 11.5 Å². The van der Waals surface area contributed by atoms with Crippen LogP contribution in [-0.4, -0.2) is 24.3 Å². The minimum Gasteiger partial charge on any atom is -0.493 e. The Labute approximate surface area is 123 Å². The molecule has 1 saturated carbocycles. The fourth-order valence-corrected chi connectivity index (χ4v) is 2.98. The zero-order chi connectivity index (χ0) is 15.6. The predicted octanol–water partition coefficient (Wildman–Crippen LogP) is 3.52. The van der Waals surface area contributed by atoms with Gasteiger partial charge in [0.1, 0.15) is 5.82 Å². The molecule has 1 aliphatic carbocycles. The third-order valence-corrected chi connectivity index (χ3v) is 4.00. The van der Waals surface area contributed by atoms with E-state index in [1.807, 2.05) is 13.8 Å². The molecule has 0 heterocycles. The Bertz CT molecular complexity index is 533. The van der Waals surface area contributed by atoms with Crippen molar-refractivity contribution >= 4 is 5.97 Å². The molecule has 21 heavy (non-hydrogen) atoms. The number of hydrogen-bond acceptors (Lipinski definition) is 3. The summed E-state index contributed by atoms with van der Waals surface area (Å²) >= 11 is 0. The molecule has 0 radical (unpaired) electrons. The van der Waals surface area contributed by atoms with Crippen LogP contribution in [0, 0.1) is 5.82 Å². The third-order valence-electron chi connectivity index (χ3n) is 4.00. The van der Waals surface area contributed by atoms with Gasteiger partial charge in [-0.25, -0.2) is 4.39 Å². The van der Waals surface area contributed by atoms with Crippen molar-refractivity contribution in [2.75, 3.05) is 7.11 Å². The molecule has 0 atom stereocenters. The van der Waals surface area contributed by atoms with Crippen LogP contribution >= 0.6 is 0 Å². The molecule has 4 nitrogen and oxygen atoms in total. The van der Waals surface area contributed by atoms with Gasteiger partial charge in [0.25, 0.3) is 0 Å². The summed E-state index contributed by atoms with van der Waals surface area (Å²) in [6.07, 6.45) is 2.37. The van der Waals surface area contributed by atoms with Gasteiger partial charge < -0.3 is 14.6 Å². The first-order valence-corrected chi connectivity index (χ1v) is 7.19. The normalized spacial score (nSPS) is 17.0. The molecule has 1 N–H and O–H groups in total. The average Bonchev–Trinajstić information content (AvgIpc) is 2.90. The van der Waals surface area contributed by atoms with Crippen LogP contribution in [0.3, 0.4) is 0 Å². The van der Waals surface area contributed by atoms with Gasteiger partial charge in [-0.2, -0.15) is 0 Å². The molecule has 0 spiro atoms. The highest BCUT2D eigenvalue weighted by molar-refractivity contribution is 5.82. The Balaban J connectivity index is 2.55. The van der Waals surface area contributed by atoms with Gasteiger partial charge in [0.2, 0.25) is 0 Å². The van der Waals surface area contributed by atoms with Crippen molar-refractivity contribution < 1.29 is 23.8 Å². The first-order valence-electron chi connectivity index (χ1n) is 7.19. The monoisotopic (exact) mass is 296 g/mol. The van der Waals surface area contributed by atoms with E-state index in [0.29, 0.717) is 18.6 Å². The number of halogens is 1. The van der Waals surface area contributed by atoms with E-state index in [9.17, 15) is 14.3 Å². The maximum absolute atomic E-state index is 14.4. The van der Waals surface area contributed by atoms with Gasteiger partial charge in [-0.1, -0.05) is 12.8 Å². The van der Waals surface area contributed by atoms with E-state index < -0.39 is 17.2 Å². The van der Waals surface area contributed by atoms with Crippen molar-refractivity contribution in [2.24, 2.45) is 0 Å². The van der Waals surface area contributed by atoms with Gasteiger partial charge in [0, 0.05) is 11.6 Å². The molecular weight excluding hydrogens is 275 g/mol. The molecule has 0 unspecified atom stereocenters. The summed E-state index contributed by atoms with van der Waals surface area (Å²) in [4.78, 5) is 11.7. The fourth-order valence-electron chi connectivity index (χ4n) is 2.98. The van der Waals surface area contributed by atoms with Crippen molar-refractivity contribution in [1.29, 1.82) is 0 Å². The second-order valence-corrected chi connectivity index (χ2v) is 5.74. The highest BCUT2D eigenvalue weighted by Gasteiger charge is 2.45. The number of carboxylic acid groups (broad SMARTS) is 1. The lowest BCUT2D eigenvalue weighted by Gasteiger charge is -2.26. The predicted molar refractivity (Wildman–Crippen MR) is 76.5 cm³/mol. The Morgan fingerprint density at radius 3 is 2.38 bits per heavy atom. The van der Waals surface area contributed by atoms with E-state index in [4.69, 9.17) is 9.47 Å². The fraction of sp³-hybridized carbons (Fsp3) is 0.562. The number of rotatable bonds is 5. The maximum atomic E-state index is 14.4. The number of hydrogen-bond donors (Lipinski definition) is 1. The maximum Gasteiger partial charge on any atom is 0.314 e. The van der Waals surface area contributed by atoms with Gasteiger partial charge >= 0.3 is 5.97 Å². The molecule has 0 amide bonds. The second-order valence-electron chi connectivity index (χ2n) is 5.74. The molecule has 0 aliphatic heterocycles. The van der Waals surface area contributed by atoms with Gasteiger partial charge in [0.15, 0.2) is 11.5 Å². The van der Waals surface area contributed by atoms with Crippen molar-refractivity contribution in [3.63, 3.8) is 0 Å². The Hall–Kier alpha value is -1.78. The standard InChI is InChI=1S/C16H21FO4/c1-10(2)21-14-8-11(12(17)9-13(14)20-3)16(15(18)19)6-4-5-7-16/h8-10H,4-7H2,1-3H3,(H,18,19). The van der Waals surface area contributed by atoms with E-state index >= 15 is 0 Å². The molecule has 1 aliphatic rings. The highest BCUT2D eigenvalue weighted by atomic mass is 19.1. The molecule has 1 aromatic carbocycles. The van der Waals surface area contributed by atoms with Crippen LogP contribution in [0.4, 0.5) is 4.39 Å². The van der Waals surface area contributed by atoms with Crippen LogP contribution in [0.5, 0.6) is 11.5 Å². The smallest absolute Gasteiger partial charge is 0.314 e. The molecule has 2 rings (SSSR count). The summed E-state index contributed by atoms with van der Waals surface area (Å²) in [7, 11) is 1.43. The number of carboxylic acids is 1. The summed E-state index contributed by atoms with van der Waals surface area (Å²) in [5, 5.41) is 9.60. The largest absolute Gasteiger partial charge is 0.493 e. The van der Waals surface area contributed by atoms with Crippen LogP contribution in [0.25, 0.3) is 0 Å². The molecule has 1 aromatic rings. The van der Waals surface area contributed by atoms with E-state index in [0.717, 1.165) is 12.8 Å². The van der Waals surface area contributed by atoms with Crippen molar-refractivity contribution in [2.45, 2.75) is 51.0 Å². The molecular formula is C16H21FO4. The van der Waals surface area contributed by atoms with E-state index in [1.54, 1.807) is 0 Å². The Kier molecular flexibility index (Phi) is 4.40. The molecule has 116 valence electrons. The van der Waals surface area contributed by atoms with E-state index in [-0.39, 0.29) is 17.4 Å². The summed E-state index contributed by atoms with van der Waals surface area (Å²) in [6, 6.07) is 2.71. The van der Waals surface area contributed by atoms with E-state index in [1.165, 1.54) is 19.2 Å².